The highest BCUT2D eigenvalue weighted by atomic mass is 35.5. The molecular weight excluding hydrogens is 455 g/mol. The summed E-state index contributed by atoms with van der Waals surface area (Å²) in [7, 11) is -3.98. The van der Waals surface area contributed by atoms with Crippen LogP contribution in [0.3, 0.4) is 0 Å². The van der Waals surface area contributed by atoms with E-state index in [2.05, 4.69) is 12.2 Å². The summed E-state index contributed by atoms with van der Waals surface area (Å²) in [5.41, 5.74) is 0.437. The third-order valence-electron chi connectivity index (χ3n) is 4.27. The second-order valence-corrected chi connectivity index (χ2v) is 9.67. The number of nitrogens with one attached hydrogen (secondary N) is 1. The number of benzene rings is 2. The second-order valence-electron chi connectivity index (χ2n) is 6.48. The molecule has 0 atom stereocenters. The van der Waals surface area contributed by atoms with Crippen LogP contribution in [-0.2, 0) is 21.4 Å². The Bertz CT molecular complexity index is 914. The first kappa shape index (κ1) is 24.0. The molecule has 2 aromatic rings. The summed E-state index contributed by atoms with van der Waals surface area (Å²) >= 11 is 18.3. The standard InChI is InChI=1S/C20H23Cl3N2O3S/c1-2-3-4-12-24-20(26)14-25(13-17-18(22)6-5-7-19(17)23)29(27,28)16-10-8-15(21)9-11-16/h5-11H,2-4,12-14H2,1H3,(H,24,26). The van der Waals surface area contributed by atoms with Crippen LogP contribution in [0.1, 0.15) is 31.7 Å². The third kappa shape index (κ3) is 6.86. The normalized spacial score (nSPS) is 11.6. The molecule has 5 nitrogen and oxygen atoms in total. The van der Waals surface area contributed by atoms with E-state index in [1.807, 2.05) is 0 Å². The molecule has 0 spiro atoms. The molecule has 2 aromatic carbocycles. The molecule has 0 aliphatic carbocycles. The van der Waals surface area contributed by atoms with Gasteiger partial charge in [0.15, 0.2) is 0 Å². The second kappa shape index (κ2) is 11.2. The number of hydrogen-bond donors (Lipinski definition) is 1. The van der Waals surface area contributed by atoms with Crippen LogP contribution in [0.2, 0.25) is 15.1 Å². The molecule has 29 heavy (non-hydrogen) atoms. The molecule has 9 heteroatoms. The van der Waals surface area contributed by atoms with Gasteiger partial charge >= 0.3 is 0 Å². The maximum atomic E-state index is 13.2. The van der Waals surface area contributed by atoms with E-state index < -0.39 is 10.0 Å². The van der Waals surface area contributed by atoms with Crippen molar-refractivity contribution in [1.29, 1.82) is 0 Å². The van der Waals surface area contributed by atoms with Crippen LogP contribution in [0.25, 0.3) is 0 Å². The molecule has 0 radical (unpaired) electrons. The molecule has 0 saturated carbocycles. The van der Waals surface area contributed by atoms with Crippen LogP contribution in [0, 0.1) is 0 Å². The zero-order valence-corrected chi connectivity index (χ0v) is 19.1. The number of hydrogen-bond acceptors (Lipinski definition) is 3. The fourth-order valence-corrected chi connectivity index (χ4v) is 4.67. The van der Waals surface area contributed by atoms with Gasteiger partial charge in [-0.1, -0.05) is 60.6 Å². The summed E-state index contributed by atoms with van der Waals surface area (Å²) in [5.74, 6) is -0.387. The third-order valence-corrected chi connectivity index (χ3v) is 7.04. The van der Waals surface area contributed by atoms with E-state index in [9.17, 15) is 13.2 Å². The van der Waals surface area contributed by atoms with E-state index in [-0.39, 0.29) is 23.9 Å². The van der Waals surface area contributed by atoms with Gasteiger partial charge in [-0.3, -0.25) is 4.79 Å². The number of nitrogens with zero attached hydrogens (tertiary/aromatic N) is 1. The monoisotopic (exact) mass is 476 g/mol. The van der Waals surface area contributed by atoms with Gasteiger partial charge in [-0.25, -0.2) is 8.42 Å². The van der Waals surface area contributed by atoms with Gasteiger partial charge in [0.2, 0.25) is 15.9 Å². The van der Waals surface area contributed by atoms with Crippen molar-refractivity contribution in [3.8, 4) is 0 Å². The number of sulfonamides is 1. The first-order valence-electron chi connectivity index (χ1n) is 9.21. The minimum absolute atomic E-state index is 0.0314. The number of carbonyl (C=O) groups excluding carboxylic acids is 1. The maximum Gasteiger partial charge on any atom is 0.243 e. The SMILES string of the molecule is CCCCCNC(=O)CN(Cc1c(Cl)cccc1Cl)S(=O)(=O)c1ccc(Cl)cc1. The molecule has 0 aliphatic heterocycles. The Balaban J connectivity index is 2.29. The molecule has 0 saturated heterocycles. The average Bonchev–Trinajstić information content (AvgIpc) is 2.67. The van der Waals surface area contributed by atoms with Crippen molar-refractivity contribution in [3.05, 3.63) is 63.1 Å². The molecule has 0 bridgehead atoms. The minimum atomic E-state index is -3.98. The summed E-state index contributed by atoms with van der Waals surface area (Å²) in [4.78, 5) is 12.4. The Morgan fingerprint density at radius 1 is 1.00 bits per heavy atom. The molecule has 0 aliphatic rings. The van der Waals surface area contributed by atoms with Gasteiger partial charge in [0.25, 0.3) is 0 Å². The Morgan fingerprint density at radius 2 is 1.62 bits per heavy atom. The van der Waals surface area contributed by atoms with E-state index in [0.717, 1.165) is 23.6 Å². The summed E-state index contributed by atoms with van der Waals surface area (Å²) in [6, 6.07) is 10.7. The zero-order valence-electron chi connectivity index (χ0n) is 16.0. The molecule has 0 unspecified atom stereocenters. The Hall–Kier alpha value is -1.31. The quantitative estimate of drug-likeness (QED) is 0.482. The topological polar surface area (TPSA) is 66.5 Å². The van der Waals surface area contributed by atoms with Gasteiger partial charge < -0.3 is 5.32 Å². The van der Waals surface area contributed by atoms with Gasteiger partial charge in [-0.2, -0.15) is 4.31 Å². The van der Waals surface area contributed by atoms with Crippen molar-refractivity contribution in [1.82, 2.24) is 9.62 Å². The lowest BCUT2D eigenvalue weighted by Crippen LogP contribution is -2.40. The van der Waals surface area contributed by atoms with Gasteiger partial charge in [0, 0.05) is 33.7 Å². The van der Waals surface area contributed by atoms with Gasteiger partial charge in [-0.05, 0) is 42.8 Å². The molecule has 1 N–H and O–H groups in total. The fraction of sp³-hybridized carbons (Fsp3) is 0.350. The van der Waals surface area contributed by atoms with Crippen molar-refractivity contribution in [2.75, 3.05) is 13.1 Å². The van der Waals surface area contributed by atoms with Crippen LogP contribution >= 0.6 is 34.8 Å². The number of unbranched alkanes of at least 4 members (excludes halogenated alkanes) is 2. The summed E-state index contributed by atoms with van der Waals surface area (Å²) in [6.45, 7) is 2.08. The van der Waals surface area contributed by atoms with E-state index in [0.29, 0.717) is 27.2 Å². The molecule has 0 fully saturated rings. The van der Waals surface area contributed by atoms with Crippen molar-refractivity contribution in [2.24, 2.45) is 0 Å². The van der Waals surface area contributed by atoms with E-state index >= 15 is 0 Å². The first-order valence-corrected chi connectivity index (χ1v) is 11.8. The van der Waals surface area contributed by atoms with E-state index in [1.165, 1.54) is 24.3 Å². The summed E-state index contributed by atoms with van der Waals surface area (Å²) in [6.07, 6.45) is 2.85. The predicted molar refractivity (Wildman–Crippen MR) is 118 cm³/mol. The first-order chi connectivity index (χ1) is 13.8. The van der Waals surface area contributed by atoms with Crippen molar-refractivity contribution in [3.63, 3.8) is 0 Å². The smallest absolute Gasteiger partial charge is 0.243 e. The Morgan fingerprint density at radius 3 is 2.21 bits per heavy atom. The summed E-state index contributed by atoms with van der Waals surface area (Å²) < 4.78 is 27.5. The van der Waals surface area contributed by atoms with Crippen molar-refractivity contribution < 1.29 is 13.2 Å². The summed E-state index contributed by atoms with van der Waals surface area (Å²) in [5, 5.41) is 3.84. The van der Waals surface area contributed by atoms with Crippen LogP contribution in [0.15, 0.2) is 47.4 Å². The van der Waals surface area contributed by atoms with Crippen molar-refractivity contribution in [2.45, 2.75) is 37.6 Å². The highest BCUT2D eigenvalue weighted by Gasteiger charge is 2.28. The average molecular weight is 478 g/mol. The van der Waals surface area contributed by atoms with Crippen LogP contribution < -0.4 is 5.32 Å². The lowest BCUT2D eigenvalue weighted by Gasteiger charge is -2.23. The zero-order chi connectivity index (χ0) is 21.4. The number of halogens is 3. The minimum Gasteiger partial charge on any atom is -0.355 e. The van der Waals surface area contributed by atoms with E-state index in [4.69, 9.17) is 34.8 Å². The molecule has 2 rings (SSSR count). The van der Waals surface area contributed by atoms with Crippen LogP contribution in [0.5, 0.6) is 0 Å². The number of amides is 1. The molecule has 0 heterocycles. The Labute approximate surface area is 187 Å². The molecule has 1 amide bonds. The lowest BCUT2D eigenvalue weighted by molar-refractivity contribution is -0.121. The van der Waals surface area contributed by atoms with Crippen molar-refractivity contribution >= 4 is 50.7 Å². The van der Waals surface area contributed by atoms with Gasteiger partial charge in [0.1, 0.15) is 0 Å². The highest BCUT2D eigenvalue weighted by molar-refractivity contribution is 7.89. The van der Waals surface area contributed by atoms with Crippen LogP contribution in [-0.4, -0.2) is 31.7 Å². The number of rotatable bonds is 10. The van der Waals surface area contributed by atoms with Gasteiger partial charge in [-0.15, -0.1) is 0 Å². The lowest BCUT2D eigenvalue weighted by atomic mass is 10.2. The highest BCUT2D eigenvalue weighted by Crippen LogP contribution is 2.28. The fourth-order valence-electron chi connectivity index (χ4n) is 2.66. The molecule has 0 aromatic heterocycles. The number of carbonyl (C=O) groups is 1. The van der Waals surface area contributed by atoms with Crippen LogP contribution in [0.4, 0.5) is 0 Å². The predicted octanol–water partition coefficient (Wildman–Crippen LogP) is 5.14. The Kier molecular flexibility index (Phi) is 9.24. The molecular formula is C20H23Cl3N2O3S. The largest absolute Gasteiger partial charge is 0.355 e. The van der Waals surface area contributed by atoms with Gasteiger partial charge in [0.05, 0.1) is 11.4 Å². The molecule has 158 valence electrons. The van der Waals surface area contributed by atoms with E-state index in [1.54, 1.807) is 18.2 Å². The maximum absolute atomic E-state index is 13.2.